The molecule has 0 radical (unpaired) electrons. The third-order valence-electron chi connectivity index (χ3n) is 5.46. The number of carbonyl (C=O) groups is 3. The molecule has 1 saturated heterocycles. The predicted molar refractivity (Wildman–Crippen MR) is 105 cm³/mol. The van der Waals surface area contributed by atoms with Gasteiger partial charge in [-0.3, -0.25) is 14.6 Å². The first-order valence-electron chi connectivity index (χ1n) is 9.50. The van der Waals surface area contributed by atoms with Crippen molar-refractivity contribution in [3.63, 3.8) is 0 Å². The number of pyridine rings is 1. The Hall–Kier alpha value is -3.22. The van der Waals surface area contributed by atoms with Crippen molar-refractivity contribution in [1.82, 2.24) is 10.3 Å². The molecule has 1 aromatic heterocycles. The molecule has 144 valence electrons. The number of imide groups is 1. The molecule has 1 saturated carbocycles. The molecule has 1 aliphatic carbocycles. The molecule has 2 aromatic rings. The van der Waals surface area contributed by atoms with Gasteiger partial charge in [0.05, 0.1) is 5.69 Å². The van der Waals surface area contributed by atoms with E-state index in [1.807, 2.05) is 6.92 Å². The zero-order chi connectivity index (χ0) is 19.7. The van der Waals surface area contributed by atoms with E-state index in [0.717, 1.165) is 24.8 Å². The van der Waals surface area contributed by atoms with Crippen LogP contribution in [-0.2, 0) is 4.79 Å². The highest BCUT2D eigenvalue weighted by Gasteiger charge is 2.52. The maximum atomic E-state index is 13.1. The van der Waals surface area contributed by atoms with Gasteiger partial charge >= 0.3 is 6.03 Å². The molecule has 4 rings (SSSR count). The van der Waals surface area contributed by atoms with Gasteiger partial charge in [-0.05, 0) is 55.7 Å². The quantitative estimate of drug-likeness (QED) is 0.801. The Morgan fingerprint density at radius 3 is 2.61 bits per heavy atom. The Bertz CT molecular complexity index is 936. The fourth-order valence-corrected chi connectivity index (χ4v) is 4.01. The lowest BCUT2D eigenvalue weighted by atomic mass is 9.81. The van der Waals surface area contributed by atoms with Crippen LogP contribution in [-0.4, -0.2) is 28.4 Å². The topological polar surface area (TPSA) is 91.4 Å². The minimum Gasteiger partial charge on any atom is -0.323 e. The van der Waals surface area contributed by atoms with Crippen molar-refractivity contribution in [3.8, 4) is 0 Å². The van der Waals surface area contributed by atoms with Gasteiger partial charge in [-0.15, -0.1) is 0 Å². The van der Waals surface area contributed by atoms with Crippen LogP contribution in [0.4, 0.5) is 16.2 Å². The summed E-state index contributed by atoms with van der Waals surface area (Å²) in [6.07, 6.45) is 5.90. The van der Waals surface area contributed by atoms with Crippen LogP contribution in [0.3, 0.4) is 0 Å². The first-order valence-corrected chi connectivity index (χ1v) is 9.50. The summed E-state index contributed by atoms with van der Waals surface area (Å²) < 4.78 is 0. The highest BCUT2D eigenvalue weighted by molar-refractivity contribution is 6.23. The summed E-state index contributed by atoms with van der Waals surface area (Å²) in [6, 6.07) is 9.89. The minimum absolute atomic E-state index is 0.175. The van der Waals surface area contributed by atoms with Gasteiger partial charge in [0, 0.05) is 11.9 Å². The fraction of sp³-hybridized carbons (Fsp3) is 0.333. The maximum Gasteiger partial charge on any atom is 0.329 e. The van der Waals surface area contributed by atoms with Crippen molar-refractivity contribution in [2.24, 2.45) is 0 Å². The summed E-state index contributed by atoms with van der Waals surface area (Å²) in [7, 11) is 0. The van der Waals surface area contributed by atoms with Crippen molar-refractivity contribution in [2.75, 3.05) is 10.2 Å². The summed E-state index contributed by atoms with van der Waals surface area (Å²) in [5.41, 5.74) is 1.41. The molecule has 1 aliphatic heterocycles. The lowest BCUT2D eigenvalue weighted by molar-refractivity contribution is -0.123. The van der Waals surface area contributed by atoms with Crippen LogP contribution in [0.25, 0.3) is 0 Å². The van der Waals surface area contributed by atoms with E-state index in [2.05, 4.69) is 15.6 Å². The van der Waals surface area contributed by atoms with Crippen LogP contribution in [0.1, 0.15) is 48.2 Å². The van der Waals surface area contributed by atoms with Crippen LogP contribution in [0.5, 0.6) is 0 Å². The number of carbonyl (C=O) groups excluding carboxylic acids is 3. The zero-order valence-electron chi connectivity index (χ0n) is 15.7. The molecule has 7 nitrogen and oxygen atoms in total. The highest BCUT2D eigenvalue weighted by Crippen LogP contribution is 2.37. The van der Waals surface area contributed by atoms with Crippen LogP contribution >= 0.6 is 0 Å². The Morgan fingerprint density at radius 2 is 1.93 bits per heavy atom. The molecular weight excluding hydrogens is 356 g/mol. The first kappa shape index (κ1) is 18.2. The van der Waals surface area contributed by atoms with E-state index in [0.29, 0.717) is 29.9 Å². The number of anilines is 2. The molecule has 28 heavy (non-hydrogen) atoms. The number of rotatable bonds is 3. The number of hydrogen-bond acceptors (Lipinski definition) is 4. The van der Waals surface area contributed by atoms with E-state index in [9.17, 15) is 14.4 Å². The highest BCUT2D eigenvalue weighted by atomic mass is 16.2. The smallest absolute Gasteiger partial charge is 0.323 e. The number of benzene rings is 1. The van der Waals surface area contributed by atoms with Gasteiger partial charge in [0.25, 0.3) is 11.8 Å². The van der Waals surface area contributed by atoms with Gasteiger partial charge < -0.3 is 10.6 Å². The molecule has 7 heteroatoms. The van der Waals surface area contributed by atoms with Gasteiger partial charge in [-0.2, -0.15) is 0 Å². The molecule has 2 aliphatic rings. The number of nitrogens with one attached hydrogen (secondary N) is 2. The lowest BCUT2D eigenvalue weighted by Gasteiger charge is -2.30. The summed E-state index contributed by atoms with van der Waals surface area (Å²) in [5.74, 6) is -0.491. The van der Waals surface area contributed by atoms with E-state index in [4.69, 9.17) is 0 Å². The summed E-state index contributed by atoms with van der Waals surface area (Å²) in [5, 5.41) is 5.71. The Kier molecular flexibility index (Phi) is 4.58. The van der Waals surface area contributed by atoms with Crippen molar-refractivity contribution in [2.45, 2.75) is 44.6 Å². The number of hydrogen-bond donors (Lipinski definition) is 2. The average molecular weight is 378 g/mol. The van der Waals surface area contributed by atoms with Gasteiger partial charge in [0.15, 0.2) is 0 Å². The van der Waals surface area contributed by atoms with Crippen LogP contribution in [0.15, 0.2) is 42.6 Å². The van der Waals surface area contributed by atoms with E-state index >= 15 is 0 Å². The van der Waals surface area contributed by atoms with Crippen molar-refractivity contribution >= 4 is 29.2 Å². The predicted octanol–water partition coefficient (Wildman–Crippen LogP) is 3.40. The average Bonchev–Trinajstić information content (AvgIpc) is 2.93. The molecule has 2 N–H and O–H groups in total. The van der Waals surface area contributed by atoms with Gasteiger partial charge in [0.2, 0.25) is 0 Å². The fourth-order valence-electron chi connectivity index (χ4n) is 4.01. The normalized spacial score (nSPS) is 18.2. The molecule has 0 bridgehead atoms. The standard InChI is InChI=1S/C21H22N4O3/c1-14-13-15(23-18(26)16-7-3-6-12-22-16)8-9-17(14)25-19(27)21(24-20(25)28)10-4-2-5-11-21/h3,6-9,12-13H,2,4-5,10-11H2,1H3,(H,23,26)(H,24,28). The SMILES string of the molecule is Cc1cc(NC(=O)c2ccccn2)ccc1N1C(=O)NC2(CCCCC2)C1=O. The van der Waals surface area contributed by atoms with E-state index in [1.165, 1.54) is 4.90 Å². The lowest BCUT2D eigenvalue weighted by Crippen LogP contribution is -2.48. The zero-order valence-corrected chi connectivity index (χ0v) is 15.7. The van der Waals surface area contributed by atoms with E-state index < -0.39 is 5.54 Å². The summed E-state index contributed by atoms with van der Waals surface area (Å²) >= 11 is 0. The van der Waals surface area contributed by atoms with E-state index in [1.54, 1.807) is 42.6 Å². The number of aromatic nitrogens is 1. The van der Waals surface area contributed by atoms with Crippen molar-refractivity contribution in [3.05, 3.63) is 53.9 Å². The molecular formula is C21H22N4O3. The Labute approximate surface area is 163 Å². The second-order valence-electron chi connectivity index (χ2n) is 7.38. The summed E-state index contributed by atoms with van der Waals surface area (Å²) in [4.78, 5) is 43.2. The molecule has 2 heterocycles. The molecule has 1 aromatic carbocycles. The third-order valence-corrected chi connectivity index (χ3v) is 5.46. The number of aryl methyl sites for hydroxylation is 1. The Morgan fingerprint density at radius 1 is 1.14 bits per heavy atom. The molecule has 0 atom stereocenters. The second-order valence-corrected chi connectivity index (χ2v) is 7.38. The van der Waals surface area contributed by atoms with Crippen LogP contribution in [0.2, 0.25) is 0 Å². The second kappa shape index (κ2) is 7.07. The van der Waals surface area contributed by atoms with Gasteiger partial charge in [-0.1, -0.05) is 25.3 Å². The maximum absolute atomic E-state index is 13.1. The van der Waals surface area contributed by atoms with Crippen LogP contribution < -0.4 is 15.5 Å². The third kappa shape index (κ3) is 3.13. The minimum atomic E-state index is -0.756. The van der Waals surface area contributed by atoms with Crippen LogP contribution in [0, 0.1) is 6.92 Å². The Balaban J connectivity index is 1.56. The monoisotopic (exact) mass is 378 g/mol. The van der Waals surface area contributed by atoms with E-state index in [-0.39, 0.29) is 17.8 Å². The largest absolute Gasteiger partial charge is 0.329 e. The number of amides is 4. The molecule has 1 spiro atoms. The number of urea groups is 1. The summed E-state index contributed by atoms with van der Waals surface area (Å²) in [6.45, 7) is 1.82. The van der Waals surface area contributed by atoms with Gasteiger partial charge in [0.1, 0.15) is 11.2 Å². The van der Waals surface area contributed by atoms with Crippen molar-refractivity contribution in [1.29, 1.82) is 0 Å². The van der Waals surface area contributed by atoms with Crippen molar-refractivity contribution < 1.29 is 14.4 Å². The number of nitrogens with zero attached hydrogens (tertiary/aromatic N) is 2. The van der Waals surface area contributed by atoms with Gasteiger partial charge in [-0.25, -0.2) is 9.69 Å². The molecule has 0 unspecified atom stereocenters. The first-order chi connectivity index (χ1) is 13.5. The molecule has 2 fully saturated rings. The molecule has 4 amide bonds.